The molecular weight excluding hydrogens is 338 g/mol. The van der Waals surface area contributed by atoms with E-state index in [2.05, 4.69) is 5.32 Å². The first-order chi connectivity index (χ1) is 11.4. The van der Waals surface area contributed by atoms with Gasteiger partial charge in [-0.15, -0.1) is 0 Å². The second-order valence-corrected chi connectivity index (χ2v) is 5.58. The Morgan fingerprint density at radius 3 is 2.67 bits per heavy atom. The molecule has 0 bridgehead atoms. The highest BCUT2D eigenvalue weighted by Gasteiger charge is 2.10. The Labute approximate surface area is 140 Å². The molecule has 3 aromatic rings. The average Bonchev–Trinajstić information content (AvgIpc) is 2.53. The van der Waals surface area contributed by atoms with Crippen LogP contribution in [-0.2, 0) is 11.3 Å². The second kappa shape index (κ2) is 6.41. The summed E-state index contributed by atoms with van der Waals surface area (Å²) in [6.07, 6.45) is 1.46. The molecule has 0 aliphatic carbocycles. The molecule has 0 unspecified atom stereocenters. The quantitative estimate of drug-likeness (QED) is 0.786. The van der Waals surface area contributed by atoms with Gasteiger partial charge in [0.1, 0.15) is 18.2 Å². The molecule has 0 aliphatic rings. The highest BCUT2D eigenvalue weighted by molar-refractivity contribution is 6.31. The smallest absolute Gasteiger partial charge is 0.244 e. The summed E-state index contributed by atoms with van der Waals surface area (Å²) < 4.78 is 28.0. The number of nitrogens with zero attached hydrogens (tertiary/aromatic N) is 1. The van der Waals surface area contributed by atoms with Gasteiger partial charge in [-0.2, -0.15) is 0 Å². The number of amides is 1. The molecule has 3 rings (SSSR count). The van der Waals surface area contributed by atoms with Crippen LogP contribution >= 0.6 is 11.6 Å². The minimum absolute atomic E-state index is 0.121. The minimum Gasteiger partial charge on any atom is -0.338 e. The second-order valence-electron chi connectivity index (χ2n) is 5.14. The van der Waals surface area contributed by atoms with Gasteiger partial charge >= 0.3 is 0 Å². The fourth-order valence-electron chi connectivity index (χ4n) is 2.35. The highest BCUT2D eigenvalue weighted by Crippen LogP contribution is 2.18. The maximum atomic E-state index is 13.6. The van der Waals surface area contributed by atoms with Crippen LogP contribution in [-0.4, -0.2) is 10.5 Å². The highest BCUT2D eigenvalue weighted by atomic mass is 35.5. The van der Waals surface area contributed by atoms with Crippen molar-refractivity contribution in [1.29, 1.82) is 0 Å². The third-order valence-electron chi connectivity index (χ3n) is 3.46. The number of hydrogen-bond donors (Lipinski definition) is 1. The first-order valence-electron chi connectivity index (χ1n) is 6.97. The third kappa shape index (κ3) is 3.28. The zero-order valence-corrected chi connectivity index (χ0v) is 13.0. The van der Waals surface area contributed by atoms with Gasteiger partial charge in [-0.05, 0) is 30.3 Å². The number of fused-ring (bicyclic) bond motifs is 1. The molecule has 1 N–H and O–H groups in total. The van der Waals surface area contributed by atoms with Crippen molar-refractivity contribution in [3.05, 3.63) is 75.5 Å². The number of carbonyl (C=O) groups excluding carboxylic acids is 1. The summed E-state index contributed by atoms with van der Waals surface area (Å²) in [4.78, 5) is 24.0. The van der Waals surface area contributed by atoms with Crippen molar-refractivity contribution in [2.24, 2.45) is 0 Å². The predicted molar refractivity (Wildman–Crippen MR) is 88.2 cm³/mol. The number of rotatable bonds is 3. The van der Waals surface area contributed by atoms with Crippen LogP contribution in [0.5, 0.6) is 0 Å². The lowest BCUT2D eigenvalue weighted by Gasteiger charge is -2.12. The lowest BCUT2D eigenvalue weighted by Crippen LogP contribution is -2.21. The van der Waals surface area contributed by atoms with Crippen molar-refractivity contribution < 1.29 is 13.6 Å². The Hall–Kier alpha value is -2.73. The average molecular weight is 349 g/mol. The Morgan fingerprint density at radius 2 is 1.92 bits per heavy atom. The largest absolute Gasteiger partial charge is 0.338 e. The normalized spacial score (nSPS) is 10.8. The van der Waals surface area contributed by atoms with Crippen LogP contribution in [0.4, 0.5) is 14.5 Å². The van der Waals surface area contributed by atoms with Crippen LogP contribution in [0.2, 0.25) is 5.02 Å². The summed E-state index contributed by atoms with van der Waals surface area (Å²) in [5, 5.41) is 3.21. The van der Waals surface area contributed by atoms with Gasteiger partial charge < -0.3 is 9.88 Å². The van der Waals surface area contributed by atoms with Gasteiger partial charge in [0, 0.05) is 28.7 Å². The number of benzene rings is 2. The molecule has 7 heteroatoms. The summed E-state index contributed by atoms with van der Waals surface area (Å²) in [5.41, 5.74) is 0.178. The standard InChI is InChI=1S/C17H11ClF2N2O2/c18-10-1-3-12-15(7-10)22(6-5-16(12)23)9-17(24)21-14-4-2-11(19)8-13(14)20/h1-8H,9H2,(H,21,24). The van der Waals surface area contributed by atoms with E-state index in [1.165, 1.54) is 16.8 Å². The molecule has 0 atom stereocenters. The zero-order valence-electron chi connectivity index (χ0n) is 12.2. The SMILES string of the molecule is O=C(Cn1ccc(=O)c2ccc(Cl)cc21)Nc1ccc(F)cc1F. The lowest BCUT2D eigenvalue weighted by atomic mass is 10.2. The fourth-order valence-corrected chi connectivity index (χ4v) is 2.52. The molecule has 4 nitrogen and oxygen atoms in total. The zero-order chi connectivity index (χ0) is 17.3. The van der Waals surface area contributed by atoms with E-state index in [-0.39, 0.29) is 17.7 Å². The maximum Gasteiger partial charge on any atom is 0.244 e. The van der Waals surface area contributed by atoms with Crippen LogP contribution in [0.3, 0.4) is 0 Å². The van der Waals surface area contributed by atoms with Crippen LogP contribution in [0, 0.1) is 11.6 Å². The van der Waals surface area contributed by atoms with Gasteiger partial charge in [-0.1, -0.05) is 11.6 Å². The lowest BCUT2D eigenvalue weighted by molar-refractivity contribution is -0.116. The molecule has 1 aromatic heterocycles. The van der Waals surface area contributed by atoms with E-state index in [1.807, 2.05) is 0 Å². The van der Waals surface area contributed by atoms with Crippen LogP contribution in [0.1, 0.15) is 0 Å². The van der Waals surface area contributed by atoms with Gasteiger partial charge in [0.15, 0.2) is 5.43 Å². The number of pyridine rings is 1. The summed E-state index contributed by atoms with van der Waals surface area (Å²) >= 11 is 5.94. The third-order valence-corrected chi connectivity index (χ3v) is 3.69. The number of hydrogen-bond acceptors (Lipinski definition) is 2. The van der Waals surface area contributed by atoms with Gasteiger partial charge in [0.05, 0.1) is 11.2 Å². The predicted octanol–water partition coefficient (Wildman–Crippen LogP) is 3.57. The Kier molecular flexibility index (Phi) is 4.31. The van der Waals surface area contributed by atoms with Gasteiger partial charge in [-0.3, -0.25) is 9.59 Å². The summed E-state index contributed by atoms with van der Waals surface area (Å²) in [6.45, 7) is -0.159. The van der Waals surface area contributed by atoms with Crippen LogP contribution in [0.25, 0.3) is 10.9 Å². The molecule has 1 heterocycles. The summed E-state index contributed by atoms with van der Waals surface area (Å²) in [5.74, 6) is -2.12. The molecule has 0 radical (unpaired) electrons. The van der Waals surface area contributed by atoms with E-state index in [4.69, 9.17) is 11.6 Å². The first-order valence-corrected chi connectivity index (χ1v) is 7.35. The molecule has 1 amide bonds. The van der Waals surface area contributed by atoms with E-state index >= 15 is 0 Å². The molecule has 0 saturated carbocycles. The van der Waals surface area contributed by atoms with Crippen molar-refractivity contribution in [1.82, 2.24) is 4.57 Å². The van der Waals surface area contributed by atoms with Crippen molar-refractivity contribution in [2.75, 3.05) is 5.32 Å². The molecule has 0 fully saturated rings. The van der Waals surface area contributed by atoms with E-state index in [0.717, 1.165) is 12.1 Å². The van der Waals surface area contributed by atoms with Crippen molar-refractivity contribution >= 4 is 34.1 Å². The Morgan fingerprint density at radius 1 is 1.12 bits per heavy atom. The van der Waals surface area contributed by atoms with Crippen molar-refractivity contribution in [3.63, 3.8) is 0 Å². The monoisotopic (exact) mass is 348 g/mol. The minimum atomic E-state index is -0.865. The van der Waals surface area contributed by atoms with Crippen LogP contribution in [0.15, 0.2) is 53.5 Å². The molecule has 0 saturated heterocycles. The number of nitrogens with one attached hydrogen (secondary N) is 1. The topological polar surface area (TPSA) is 51.1 Å². The Bertz CT molecular complexity index is 1000. The molecule has 0 aliphatic heterocycles. The fraction of sp³-hybridized carbons (Fsp3) is 0.0588. The molecule has 2 aromatic carbocycles. The first kappa shape index (κ1) is 16.1. The van der Waals surface area contributed by atoms with E-state index < -0.39 is 17.5 Å². The Balaban J connectivity index is 1.89. The summed E-state index contributed by atoms with van der Waals surface area (Å²) in [6, 6.07) is 8.95. The molecule has 24 heavy (non-hydrogen) atoms. The van der Waals surface area contributed by atoms with E-state index in [9.17, 15) is 18.4 Å². The maximum absolute atomic E-state index is 13.6. The van der Waals surface area contributed by atoms with E-state index in [1.54, 1.807) is 18.2 Å². The molecule has 0 spiro atoms. The van der Waals surface area contributed by atoms with Gasteiger partial charge in [-0.25, -0.2) is 8.78 Å². The number of carbonyl (C=O) groups is 1. The van der Waals surface area contributed by atoms with Gasteiger partial charge in [0.2, 0.25) is 5.91 Å². The molecular formula is C17H11ClF2N2O2. The van der Waals surface area contributed by atoms with Crippen LogP contribution < -0.4 is 10.7 Å². The number of anilines is 1. The van der Waals surface area contributed by atoms with Gasteiger partial charge in [0.25, 0.3) is 0 Å². The number of aromatic nitrogens is 1. The summed E-state index contributed by atoms with van der Waals surface area (Å²) in [7, 11) is 0. The number of halogens is 3. The van der Waals surface area contributed by atoms with Crippen molar-refractivity contribution in [2.45, 2.75) is 6.54 Å². The van der Waals surface area contributed by atoms with Crippen molar-refractivity contribution in [3.8, 4) is 0 Å². The van der Waals surface area contributed by atoms with E-state index in [0.29, 0.717) is 22.0 Å². The molecule has 122 valence electrons.